The molecule has 7 atom stereocenters. The summed E-state index contributed by atoms with van der Waals surface area (Å²) in [5.41, 5.74) is 0. The summed E-state index contributed by atoms with van der Waals surface area (Å²) in [5.74, 6) is -0.222. The Labute approximate surface area is 409 Å². The van der Waals surface area contributed by atoms with E-state index in [9.17, 15) is 35.1 Å². The summed E-state index contributed by atoms with van der Waals surface area (Å²) in [7, 11) is 0. The van der Waals surface area contributed by atoms with Crippen LogP contribution in [0.15, 0.2) is 36.5 Å². The van der Waals surface area contributed by atoms with Gasteiger partial charge in [0.15, 0.2) is 6.29 Å². The summed E-state index contributed by atoms with van der Waals surface area (Å²) < 4.78 is 16.6. The number of hydrogen-bond donors (Lipinski definition) is 6. The Balaban J connectivity index is 2.06. The molecule has 0 saturated carbocycles. The summed E-state index contributed by atoms with van der Waals surface area (Å²) in [4.78, 5) is 25.0. The summed E-state index contributed by atoms with van der Waals surface area (Å²) in [6, 6.07) is -0.814. The quantitative estimate of drug-likeness (QED) is 0.0196. The van der Waals surface area contributed by atoms with Crippen molar-refractivity contribution >= 4 is 11.9 Å². The molecular formula is C56H103NO10. The van der Waals surface area contributed by atoms with E-state index in [0.29, 0.717) is 19.4 Å². The van der Waals surface area contributed by atoms with E-state index in [1.165, 1.54) is 135 Å². The monoisotopic (exact) mass is 950 g/mol. The molecule has 11 heteroatoms. The van der Waals surface area contributed by atoms with Gasteiger partial charge in [-0.25, -0.2) is 0 Å². The number of nitrogens with one attached hydrogen (secondary N) is 1. The number of aliphatic hydroxyl groups is 5. The van der Waals surface area contributed by atoms with Crippen molar-refractivity contribution in [1.82, 2.24) is 5.32 Å². The third-order valence-electron chi connectivity index (χ3n) is 13.0. The van der Waals surface area contributed by atoms with E-state index in [1.807, 2.05) is 6.08 Å². The first kappa shape index (κ1) is 62.9. The maximum Gasteiger partial charge on any atom is 0.305 e. The van der Waals surface area contributed by atoms with Crippen LogP contribution in [0.3, 0.4) is 0 Å². The molecule has 11 nitrogen and oxygen atoms in total. The van der Waals surface area contributed by atoms with Gasteiger partial charge < -0.3 is 45.1 Å². The zero-order chi connectivity index (χ0) is 48.8. The Morgan fingerprint density at radius 1 is 0.552 bits per heavy atom. The van der Waals surface area contributed by atoms with Gasteiger partial charge in [-0.1, -0.05) is 211 Å². The molecule has 1 rings (SSSR count). The minimum Gasteiger partial charge on any atom is -0.466 e. The Hall–Kier alpha value is -2.12. The highest BCUT2D eigenvalue weighted by atomic mass is 16.7. The van der Waals surface area contributed by atoms with Gasteiger partial charge in [0.25, 0.3) is 0 Å². The highest BCUT2D eigenvalue weighted by Gasteiger charge is 2.44. The van der Waals surface area contributed by atoms with E-state index in [-0.39, 0.29) is 18.5 Å². The molecule has 0 aromatic rings. The third-order valence-corrected chi connectivity index (χ3v) is 13.0. The zero-order valence-electron chi connectivity index (χ0n) is 42.9. The summed E-state index contributed by atoms with van der Waals surface area (Å²) in [6.45, 7) is 4.24. The second kappa shape index (κ2) is 46.3. The van der Waals surface area contributed by atoms with Crippen LogP contribution in [0.2, 0.25) is 0 Å². The molecule has 1 amide bonds. The predicted octanol–water partition coefficient (Wildman–Crippen LogP) is 11.9. The molecular weight excluding hydrogens is 847 g/mol. The second-order valence-electron chi connectivity index (χ2n) is 19.3. The largest absolute Gasteiger partial charge is 0.466 e. The molecule has 1 aliphatic rings. The molecule has 0 aliphatic carbocycles. The fourth-order valence-corrected chi connectivity index (χ4v) is 8.51. The van der Waals surface area contributed by atoms with Gasteiger partial charge in [0.2, 0.25) is 5.91 Å². The molecule has 0 bridgehead atoms. The van der Waals surface area contributed by atoms with Crippen LogP contribution in [-0.4, -0.2) is 100 Å². The van der Waals surface area contributed by atoms with E-state index in [4.69, 9.17) is 14.2 Å². The zero-order valence-corrected chi connectivity index (χ0v) is 42.9. The van der Waals surface area contributed by atoms with Crippen molar-refractivity contribution in [1.29, 1.82) is 0 Å². The van der Waals surface area contributed by atoms with Crippen LogP contribution in [0.5, 0.6) is 0 Å². The lowest BCUT2D eigenvalue weighted by Gasteiger charge is -2.40. The molecule has 392 valence electrons. The van der Waals surface area contributed by atoms with Gasteiger partial charge in [-0.15, -0.1) is 0 Å². The minimum atomic E-state index is -1.57. The van der Waals surface area contributed by atoms with Crippen LogP contribution in [-0.2, 0) is 23.8 Å². The molecule has 67 heavy (non-hydrogen) atoms. The van der Waals surface area contributed by atoms with Gasteiger partial charge in [0.05, 0.1) is 32.0 Å². The summed E-state index contributed by atoms with van der Waals surface area (Å²) in [5, 5.41) is 54.1. The first-order chi connectivity index (χ1) is 32.7. The van der Waals surface area contributed by atoms with E-state index < -0.39 is 49.5 Å². The van der Waals surface area contributed by atoms with Crippen molar-refractivity contribution in [2.45, 2.75) is 288 Å². The molecule has 0 spiro atoms. The number of rotatable bonds is 47. The van der Waals surface area contributed by atoms with Crippen LogP contribution >= 0.6 is 0 Å². The van der Waals surface area contributed by atoms with Crippen LogP contribution in [0, 0.1) is 0 Å². The molecule has 7 unspecified atom stereocenters. The number of hydrogen-bond acceptors (Lipinski definition) is 10. The normalized spacial score (nSPS) is 19.8. The Morgan fingerprint density at radius 3 is 1.55 bits per heavy atom. The molecule has 0 radical (unpaired) electrons. The lowest BCUT2D eigenvalue weighted by atomic mass is 9.99. The lowest BCUT2D eigenvalue weighted by molar-refractivity contribution is -0.302. The average molecular weight is 950 g/mol. The van der Waals surface area contributed by atoms with E-state index in [2.05, 4.69) is 43.5 Å². The smallest absolute Gasteiger partial charge is 0.305 e. The highest BCUT2D eigenvalue weighted by Crippen LogP contribution is 2.23. The SMILES string of the molecule is CCCC/C=C\C/C=C\CCCCCCCC(=O)OCCCCCCCCCCCCCCCCCCC(=O)NC(COC1OC(CO)C(O)C(O)C1O)C(O)/C=C/CCCCCCCCC. The van der Waals surface area contributed by atoms with Crippen molar-refractivity contribution in [3.05, 3.63) is 36.5 Å². The van der Waals surface area contributed by atoms with E-state index in [0.717, 1.165) is 83.5 Å². The first-order valence-electron chi connectivity index (χ1n) is 27.8. The van der Waals surface area contributed by atoms with Crippen molar-refractivity contribution < 1.29 is 49.3 Å². The van der Waals surface area contributed by atoms with Gasteiger partial charge in [-0.3, -0.25) is 9.59 Å². The summed E-state index contributed by atoms with van der Waals surface area (Å²) >= 11 is 0. The van der Waals surface area contributed by atoms with Gasteiger partial charge in [-0.2, -0.15) is 0 Å². The molecule has 0 aromatic heterocycles. The number of ether oxygens (including phenoxy) is 3. The Kier molecular flexibility index (Phi) is 43.4. The summed E-state index contributed by atoms with van der Waals surface area (Å²) in [6.07, 6.45) is 45.2. The van der Waals surface area contributed by atoms with Crippen LogP contribution < -0.4 is 5.32 Å². The lowest BCUT2D eigenvalue weighted by Crippen LogP contribution is -2.60. The van der Waals surface area contributed by atoms with Gasteiger partial charge in [-0.05, 0) is 57.8 Å². The van der Waals surface area contributed by atoms with Crippen molar-refractivity contribution in [3.8, 4) is 0 Å². The average Bonchev–Trinajstić information content (AvgIpc) is 3.32. The second-order valence-corrected chi connectivity index (χ2v) is 19.3. The number of carbonyl (C=O) groups excluding carboxylic acids is 2. The predicted molar refractivity (Wildman–Crippen MR) is 274 cm³/mol. The Bertz CT molecular complexity index is 1210. The number of amides is 1. The third kappa shape index (κ3) is 36.5. The van der Waals surface area contributed by atoms with Crippen LogP contribution in [0.4, 0.5) is 0 Å². The number of carbonyl (C=O) groups is 2. The van der Waals surface area contributed by atoms with Gasteiger partial charge in [0.1, 0.15) is 24.4 Å². The molecule has 6 N–H and O–H groups in total. The standard InChI is InChI=1S/C56H103NO10/c1-3-5-7-9-11-13-14-15-21-24-28-32-36-40-44-52(61)65-45-41-37-33-29-25-22-19-17-16-18-20-23-27-31-35-39-43-51(60)57-48(49(59)42-38-34-30-26-12-10-8-6-4-2)47-66-56-55(64)54(63)53(62)50(46-58)67-56/h9,11,14-15,38,42,48-50,53-56,58-59,62-64H,3-8,10,12-13,16-37,39-41,43-47H2,1-2H3,(H,57,60)/b11-9-,15-14-,42-38+. The maximum atomic E-state index is 13.0. The van der Waals surface area contributed by atoms with Crippen LogP contribution in [0.25, 0.3) is 0 Å². The molecule has 1 fully saturated rings. The van der Waals surface area contributed by atoms with Gasteiger partial charge >= 0.3 is 5.97 Å². The fourth-order valence-electron chi connectivity index (χ4n) is 8.51. The topological polar surface area (TPSA) is 175 Å². The van der Waals surface area contributed by atoms with Crippen molar-refractivity contribution in [2.75, 3.05) is 19.8 Å². The highest BCUT2D eigenvalue weighted by molar-refractivity contribution is 5.76. The molecule has 1 aliphatic heterocycles. The van der Waals surface area contributed by atoms with Crippen LogP contribution in [0.1, 0.15) is 245 Å². The maximum absolute atomic E-state index is 13.0. The molecule has 1 heterocycles. The van der Waals surface area contributed by atoms with E-state index in [1.54, 1.807) is 6.08 Å². The van der Waals surface area contributed by atoms with Crippen molar-refractivity contribution in [2.24, 2.45) is 0 Å². The fraction of sp³-hybridized carbons (Fsp3) is 0.857. The minimum absolute atomic E-state index is 0.0301. The number of allylic oxidation sites excluding steroid dienone is 5. The number of aliphatic hydroxyl groups excluding tert-OH is 5. The molecule has 1 saturated heterocycles. The van der Waals surface area contributed by atoms with Gasteiger partial charge in [0, 0.05) is 12.8 Å². The molecule has 0 aromatic carbocycles. The van der Waals surface area contributed by atoms with E-state index >= 15 is 0 Å². The Morgan fingerprint density at radius 2 is 1.01 bits per heavy atom. The number of unbranched alkanes of at least 4 members (excludes halogenated alkanes) is 29. The van der Waals surface area contributed by atoms with Crippen molar-refractivity contribution in [3.63, 3.8) is 0 Å². The first-order valence-corrected chi connectivity index (χ1v) is 27.8. The number of esters is 1.